The molecule has 1 aromatic carbocycles. The molecular weight excluding hydrogens is 470 g/mol. The average molecular weight is 490 g/mol. The molecule has 3 aromatic heterocycles. The molecule has 0 radical (unpaired) electrons. The van der Waals surface area contributed by atoms with Gasteiger partial charge in [0.25, 0.3) is 10.8 Å². The van der Waals surface area contributed by atoms with Crippen LogP contribution in [-0.2, 0) is 15.8 Å². The number of aromatic nitrogens is 4. The molecular formula is C20H19N5O4S3. The van der Waals surface area contributed by atoms with Gasteiger partial charge in [0.15, 0.2) is 0 Å². The third-order valence-electron chi connectivity index (χ3n) is 5.14. The molecule has 5 rings (SSSR count). The van der Waals surface area contributed by atoms with E-state index in [1.807, 2.05) is 5.38 Å². The lowest BCUT2D eigenvalue weighted by Crippen LogP contribution is -2.35. The molecule has 1 aliphatic heterocycles. The fourth-order valence-electron chi connectivity index (χ4n) is 3.55. The van der Waals surface area contributed by atoms with Gasteiger partial charge in [-0.2, -0.15) is 4.31 Å². The Kier molecular flexibility index (Phi) is 5.84. The summed E-state index contributed by atoms with van der Waals surface area (Å²) in [6.45, 7) is 1.09. The number of nitrogens with zero attached hydrogens (tertiary/aromatic N) is 4. The van der Waals surface area contributed by atoms with Gasteiger partial charge in [-0.1, -0.05) is 24.2 Å². The molecule has 1 N–H and O–H groups in total. The summed E-state index contributed by atoms with van der Waals surface area (Å²) in [5, 5.41) is 10.2. The topological polar surface area (TPSA) is 122 Å². The molecule has 1 aliphatic rings. The standard InChI is InChI=1S/C20H19N5O4S3/c26-18-17-15(7-10-30-17)21-16(22-18)12-31-20-24-23-19(29-20)13-5-4-6-14(11-13)32(27,28)25-8-2-1-3-9-25/h4-7,10-11H,1-3,8-9,12H2,(H,21,22,26). The van der Waals surface area contributed by atoms with Crippen LogP contribution < -0.4 is 5.56 Å². The third kappa shape index (κ3) is 4.22. The molecule has 0 spiro atoms. The first-order valence-corrected chi connectivity index (χ1v) is 13.3. The summed E-state index contributed by atoms with van der Waals surface area (Å²) in [7, 11) is -3.55. The normalized spacial score (nSPS) is 15.4. The summed E-state index contributed by atoms with van der Waals surface area (Å²) in [6, 6.07) is 8.37. The summed E-state index contributed by atoms with van der Waals surface area (Å²) in [6.07, 6.45) is 2.81. The second kappa shape index (κ2) is 8.77. The predicted molar refractivity (Wildman–Crippen MR) is 122 cm³/mol. The van der Waals surface area contributed by atoms with Crippen molar-refractivity contribution in [3.63, 3.8) is 0 Å². The van der Waals surface area contributed by atoms with Crippen molar-refractivity contribution in [2.45, 2.75) is 35.1 Å². The van der Waals surface area contributed by atoms with Crippen LogP contribution in [0.1, 0.15) is 25.1 Å². The van der Waals surface area contributed by atoms with E-state index < -0.39 is 10.0 Å². The lowest BCUT2D eigenvalue weighted by molar-refractivity contribution is 0.346. The number of thiophene rings is 1. The number of rotatable bonds is 6. The first-order valence-electron chi connectivity index (χ1n) is 10.0. The van der Waals surface area contributed by atoms with Gasteiger partial charge in [-0.05, 0) is 42.5 Å². The van der Waals surface area contributed by atoms with Gasteiger partial charge in [0.1, 0.15) is 10.5 Å². The Bertz CT molecular complexity index is 1420. The van der Waals surface area contributed by atoms with Crippen molar-refractivity contribution in [2.75, 3.05) is 13.1 Å². The molecule has 166 valence electrons. The van der Waals surface area contributed by atoms with Crippen molar-refractivity contribution >= 4 is 43.3 Å². The maximum absolute atomic E-state index is 13.0. The van der Waals surface area contributed by atoms with Gasteiger partial charge in [0, 0.05) is 18.7 Å². The summed E-state index contributed by atoms with van der Waals surface area (Å²) in [5.74, 6) is 1.10. The molecule has 0 aliphatic carbocycles. The van der Waals surface area contributed by atoms with Crippen molar-refractivity contribution in [1.82, 2.24) is 24.5 Å². The first kappa shape index (κ1) is 21.3. The molecule has 0 atom stereocenters. The van der Waals surface area contributed by atoms with Gasteiger partial charge in [0.05, 0.1) is 16.2 Å². The van der Waals surface area contributed by atoms with Crippen LogP contribution in [0.25, 0.3) is 21.7 Å². The molecule has 1 fully saturated rings. The highest BCUT2D eigenvalue weighted by atomic mass is 32.2. The molecule has 1 saturated heterocycles. The van der Waals surface area contributed by atoms with Crippen molar-refractivity contribution in [1.29, 1.82) is 0 Å². The number of thioether (sulfide) groups is 1. The quantitative estimate of drug-likeness (QED) is 0.408. The van der Waals surface area contributed by atoms with E-state index in [4.69, 9.17) is 4.42 Å². The largest absolute Gasteiger partial charge is 0.411 e. The molecule has 0 amide bonds. The highest BCUT2D eigenvalue weighted by molar-refractivity contribution is 7.98. The number of piperidine rings is 1. The van der Waals surface area contributed by atoms with E-state index in [1.54, 1.807) is 30.3 Å². The molecule has 0 bridgehead atoms. The zero-order chi connectivity index (χ0) is 22.1. The monoisotopic (exact) mass is 489 g/mol. The molecule has 32 heavy (non-hydrogen) atoms. The van der Waals surface area contributed by atoms with Crippen molar-refractivity contribution in [3.05, 3.63) is 51.9 Å². The van der Waals surface area contributed by atoms with Gasteiger partial charge in [-0.3, -0.25) is 4.79 Å². The van der Waals surface area contributed by atoms with E-state index in [0.717, 1.165) is 19.3 Å². The van der Waals surface area contributed by atoms with E-state index in [9.17, 15) is 13.2 Å². The fraction of sp³-hybridized carbons (Fsp3) is 0.300. The number of hydrogen-bond donors (Lipinski definition) is 1. The fourth-order valence-corrected chi connectivity index (χ4v) is 6.47. The van der Waals surface area contributed by atoms with Gasteiger partial charge >= 0.3 is 0 Å². The average Bonchev–Trinajstić information content (AvgIpc) is 3.48. The summed E-state index contributed by atoms with van der Waals surface area (Å²) >= 11 is 2.60. The minimum Gasteiger partial charge on any atom is -0.411 e. The lowest BCUT2D eigenvalue weighted by Gasteiger charge is -2.25. The third-order valence-corrected chi connectivity index (χ3v) is 8.76. The predicted octanol–water partition coefficient (Wildman–Crippen LogP) is 3.50. The Morgan fingerprint density at radius 1 is 1.16 bits per heavy atom. The summed E-state index contributed by atoms with van der Waals surface area (Å²) in [4.78, 5) is 19.5. The number of benzene rings is 1. The molecule has 0 saturated carbocycles. The first-order chi connectivity index (χ1) is 15.5. The van der Waals surface area contributed by atoms with Crippen LogP contribution in [0, 0.1) is 0 Å². The Balaban J connectivity index is 1.33. The van der Waals surface area contributed by atoms with Crippen LogP contribution in [0.2, 0.25) is 0 Å². The zero-order valence-corrected chi connectivity index (χ0v) is 19.3. The number of hydrogen-bond acceptors (Lipinski definition) is 9. The Hall–Kier alpha value is -2.54. The number of sulfonamides is 1. The van der Waals surface area contributed by atoms with E-state index in [1.165, 1.54) is 27.4 Å². The van der Waals surface area contributed by atoms with Gasteiger partial charge < -0.3 is 9.40 Å². The molecule has 0 unspecified atom stereocenters. The highest BCUT2D eigenvalue weighted by Gasteiger charge is 2.26. The zero-order valence-electron chi connectivity index (χ0n) is 16.9. The van der Waals surface area contributed by atoms with Gasteiger partial charge in [-0.25, -0.2) is 13.4 Å². The van der Waals surface area contributed by atoms with Crippen LogP contribution in [-0.4, -0.2) is 46.0 Å². The van der Waals surface area contributed by atoms with Crippen LogP contribution in [0.5, 0.6) is 0 Å². The summed E-state index contributed by atoms with van der Waals surface area (Å²) < 4.78 is 33.8. The molecule has 9 nitrogen and oxygen atoms in total. The Morgan fingerprint density at radius 3 is 2.84 bits per heavy atom. The van der Waals surface area contributed by atoms with Crippen molar-refractivity contribution < 1.29 is 12.8 Å². The molecule has 12 heteroatoms. The lowest BCUT2D eigenvalue weighted by atomic mass is 10.2. The van der Waals surface area contributed by atoms with E-state index in [0.29, 0.717) is 45.7 Å². The number of H-pyrrole nitrogens is 1. The maximum atomic E-state index is 13.0. The highest BCUT2D eigenvalue weighted by Crippen LogP contribution is 2.28. The van der Waals surface area contributed by atoms with Gasteiger partial charge in [0.2, 0.25) is 15.9 Å². The van der Waals surface area contributed by atoms with E-state index >= 15 is 0 Å². The number of nitrogens with one attached hydrogen (secondary N) is 1. The SMILES string of the molecule is O=c1[nH]c(CSc2nnc(-c3cccc(S(=O)(=O)N4CCCCC4)c3)o2)nc2ccsc12. The second-order valence-corrected chi connectivity index (χ2v) is 11.1. The smallest absolute Gasteiger partial charge is 0.277 e. The van der Waals surface area contributed by atoms with E-state index in [-0.39, 0.29) is 16.3 Å². The van der Waals surface area contributed by atoms with E-state index in [2.05, 4.69) is 20.2 Å². The van der Waals surface area contributed by atoms with Crippen LogP contribution in [0.3, 0.4) is 0 Å². The summed E-state index contributed by atoms with van der Waals surface area (Å²) in [5.41, 5.74) is 1.03. The number of fused-ring (bicyclic) bond motifs is 1. The Labute approximate surface area is 191 Å². The minimum absolute atomic E-state index is 0.168. The van der Waals surface area contributed by atoms with Crippen LogP contribution in [0.4, 0.5) is 0 Å². The van der Waals surface area contributed by atoms with Crippen LogP contribution in [0.15, 0.2) is 55.0 Å². The van der Waals surface area contributed by atoms with Crippen molar-refractivity contribution in [2.24, 2.45) is 0 Å². The van der Waals surface area contributed by atoms with Crippen molar-refractivity contribution in [3.8, 4) is 11.5 Å². The number of aromatic amines is 1. The maximum Gasteiger partial charge on any atom is 0.277 e. The second-order valence-electron chi connectivity index (χ2n) is 7.30. The van der Waals surface area contributed by atoms with Crippen LogP contribution >= 0.6 is 23.1 Å². The Morgan fingerprint density at radius 2 is 2.00 bits per heavy atom. The molecule has 4 aromatic rings. The molecule has 4 heterocycles. The van der Waals surface area contributed by atoms with Gasteiger partial charge in [-0.15, -0.1) is 21.5 Å². The minimum atomic E-state index is -3.55.